The van der Waals surface area contributed by atoms with Crippen molar-refractivity contribution in [3.05, 3.63) is 46.3 Å². The highest BCUT2D eigenvalue weighted by atomic mass is 35.5. The van der Waals surface area contributed by atoms with Gasteiger partial charge in [-0.25, -0.2) is 4.98 Å². The van der Waals surface area contributed by atoms with Gasteiger partial charge in [0.05, 0.1) is 12.0 Å². The monoisotopic (exact) mass is 305 g/mol. The number of nitrogens with zero attached hydrogens (tertiary/aromatic N) is 3. The summed E-state index contributed by atoms with van der Waals surface area (Å²) in [5.74, 6) is 0.542. The zero-order valence-electron chi connectivity index (χ0n) is 10.8. The van der Waals surface area contributed by atoms with Crippen LogP contribution in [0.25, 0.3) is 10.2 Å². The Morgan fingerprint density at radius 1 is 1.30 bits per heavy atom. The zero-order chi connectivity index (χ0) is 13.9. The molecular weight excluding hydrogens is 294 g/mol. The zero-order valence-corrected chi connectivity index (χ0v) is 12.4. The minimum atomic E-state index is 0.215. The van der Waals surface area contributed by atoms with Crippen LogP contribution in [0.1, 0.15) is 10.6 Å². The fourth-order valence-corrected chi connectivity index (χ4v) is 2.98. The third-order valence-electron chi connectivity index (χ3n) is 2.78. The Hall–Kier alpha value is -1.72. The Balaban J connectivity index is 1.77. The number of fused-ring (bicyclic) bond motifs is 1. The first kappa shape index (κ1) is 13.3. The summed E-state index contributed by atoms with van der Waals surface area (Å²) in [4.78, 5) is 14.6. The summed E-state index contributed by atoms with van der Waals surface area (Å²) in [5, 5.41) is 1.13. The molecule has 0 unspecified atom stereocenters. The van der Waals surface area contributed by atoms with Crippen LogP contribution in [-0.4, -0.2) is 21.6 Å². The van der Waals surface area contributed by atoms with E-state index >= 15 is 0 Å². The van der Waals surface area contributed by atoms with E-state index in [4.69, 9.17) is 16.3 Å². The van der Waals surface area contributed by atoms with Crippen LogP contribution in [0.15, 0.2) is 30.5 Å². The Labute approximate surface area is 125 Å². The number of hydrogen-bond donors (Lipinski definition) is 0. The van der Waals surface area contributed by atoms with Crippen LogP contribution in [-0.2, 0) is 6.42 Å². The predicted octanol–water partition coefficient (Wildman–Crippen LogP) is 3.67. The standard InChI is InChI=1S/C14H12ClN3OS/c1-9-8-11-12(17-14(15)18-13(11)20-9)19-7-5-10-4-2-3-6-16-10/h2-4,6,8H,5,7H2,1H3. The van der Waals surface area contributed by atoms with Crippen LogP contribution in [0.2, 0.25) is 5.28 Å². The molecule has 0 aromatic carbocycles. The number of thiophene rings is 1. The van der Waals surface area contributed by atoms with E-state index in [2.05, 4.69) is 15.0 Å². The van der Waals surface area contributed by atoms with Gasteiger partial charge in [0, 0.05) is 23.2 Å². The number of aryl methyl sites for hydroxylation is 1. The summed E-state index contributed by atoms with van der Waals surface area (Å²) in [6, 6.07) is 7.85. The molecule has 0 saturated heterocycles. The molecule has 0 saturated carbocycles. The lowest BCUT2D eigenvalue weighted by atomic mass is 10.3. The van der Waals surface area contributed by atoms with Crippen molar-refractivity contribution in [2.45, 2.75) is 13.3 Å². The first-order valence-electron chi connectivity index (χ1n) is 6.19. The lowest BCUT2D eigenvalue weighted by molar-refractivity contribution is 0.312. The SMILES string of the molecule is Cc1cc2c(OCCc3ccccn3)nc(Cl)nc2s1. The lowest BCUT2D eigenvalue weighted by Gasteiger charge is -2.06. The molecule has 3 aromatic rings. The van der Waals surface area contributed by atoms with E-state index in [1.165, 1.54) is 0 Å². The summed E-state index contributed by atoms with van der Waals surface area (Å²) >= 11 is 7.50. The molecular formula is C14H12ClN3OS. The first-order valence-corrected chi connectivity index (χ1v) is 7.38. The van der Waals surface area contributed by atoms with Gasteiger partial charge < -0.3 is 4.74 Å². The molecule has 0 atom stereocenters. The van der Waals surface area contributed by atoms with Gasteiger partial charge in [-0.15, -0.1) is 11.3 Å². The highest BCUT2D eigenvalue weighted by molar-refractivity contribution is 7.18. The fourth-order valence-electron chi connectivity index (χ4n) is 1.90. The van der Waals surface area contributed by atoms with Crippen LogP contribution in [0, 0.1) is 6.92 Å². The van der Waals surface area contributed by atoms with Gasteiger partial charge in [-0.3, -0.25) is 4.98 Å². The predicted molar refractivity (Wildman–Crippen MR) is 80.6 cm³/mol. The summed E-state index contributed by atoms with van der Waals surface area (Å²) in [6.45, 7) is 2.53. The average Bonchev–Trinajstić information content (AvgIpc) is 2.80. The van der Waals surface area contributed by atoms with Gasteiger partial charge in [0.15, 0.2) is 0 Å². The summed E-state index contributed by atoms with van der Waals surface area (Å²) in [7, 11) is 0. The normalized spacial score (nSPS) is 10.9. The lowest BCUT2D eigenvalue weighted by Crippen LogP contribution is -2.04. The van der Waals surface area contributed by atoms with Crippen molar-refractivity contribution < 1.29 is 4.74 Å². The number of hydrogen-bond acceptors (Lipinski definition) is 5. The van der Waals surface area contributed by atoms with E-state index in [-0.39, 0.29) is 5.28 Å². The number of halogens is 1. The fraction of sp³-hybridized carbons (Fsp3) is 0.214. The van der Waals surface area contributed by atoms with Crippen molar-refractivity contribution >= 4 is 33.2 Å². The van der Waals surface area contributed by atoms with Gasteiger partial charge in [0.25, 0.3) is 0 Å². The molecule has 0 radical (unpaired) electrons. The number of pyridine rings is 1. The molecule has 6 heteroatoms. The molecule has 3 rings (SSSR count). The Bertz CT molecular complexity index is 730. The van der Waals surface area contributed by atoms with E-state index in [1.54, 1.807) is 17.5 Å². The molecule has 0 aliphatic rings. The molecule has 20 heavy (non-hydrogen) atoms. The van der Waals surface area contributed by atoms with Crippen LogP contribution in [0.3, 0.4) is 0 Å². The number of ether oxygens (including phenoxy) is 1. The highest BCUT2D eigenvalue weighted by Crippen LogP contribution is 2.30. The van der Waals surface area contributed by atoms with Gasteiger partial charge in [-0.2, -0.15) is 4.98 Å². The molecule has 3 heterocycles. The quantitative estimate of drug-likeness (QED) is 0.690. The maximum Gasteiger partial charge on any atom is 0.227 e. The average molecular weight is 306 g/mol. The van der Waals surface area contributed by atoms with E-state index in [9.17, 15) is 0 Å². The third-order valence-corrected chi connectivity index (χ3v) is 3.89. The molecule has 0 fully saturated rings. The van der Waals surface area contributed by atoms with E-state index < -0.39 is 0 Å². The van der Waals surface area contributed by atoms with Crippen LogP contribution >= 0.6 is 22.9 Å². The maximum absolute atomic E-state index is 5.92. The molecule has 0 spiro atoms. The van der Waals surface area contributed by atoms with Gasteiger partial charge >= 0.3 is 0 Å². The van der Waals surface area contributed by atoms with E-state index in [1.807, 2.05) is 31.2 Å². The molecule has 0 aliphatic heterocycles. The number of aromatic nitrogens is 3. The van der Waals surface area contributed by atoms with Gasteiger partial charge in [-0.05, 0) is 36.7 Å². The van der Waals surface area contributed by atoms with Crippen LogP contribution < -0.4 is 4.74 Å². The molecule has 0 bridgehead atoms. The van der Waals surface area contributed by atoms with Crippen molar-refractivity contribution in [3.63, 3.8) is 0 Å². The largest absolute Gasteiger partial charge is 0.477 e. The second kappa shape index (κ2) is 5.73. The summed E-state index contributed by atoms with van der Waals surface area (Å²) in [6.07, 6.45) is 2.50. The van der Waals surface area contributed by atoms with Gasteiger partial charge in [-0.1, -0.05) is 6.07 Å². The Morgan fingerprint density at radius 3 is 3.00 bits per heavy atom. The second-order valence-corrected chi connectivity index (χ2v) is 5.87. The molecule has 0 aliphatic carbocycles. The Morgan fingerprint density at radius 2 is 2.20 bits per heavy atom. The smallest absolute Gasteiger partial charge is 0.227 e. The van der Waals surface area contributed by atoms with Crippen molar-refractivity contribution in [1.82, 2.24) is 15.0 Å². The van der Waals surface area contributed by atoms with E-state index in [0.717, 1.165) is 27.2 Å². The van der Waals surface area contributed by atoms with Gasteiger partial charge in [0.2, 0.25) is 11.2 Å². The molecule has 0 amide bonds. The van der Waals surface area contributed by atoms with Crippen molar-refractivity contribution in [3.8, 4) is 5.88 Å². The van der Waals surface area contributed by atoms with Crippen LogP contribution in [0.4, 0.5) is 0 Å². The summed E-state index contributed by atoms with van der Waals surface area (Å²) in [5.41, 5.74) is 0.991. The van der Waals surface area contributed by atoms with Crippen molar-refractivity contribution in [2.24, 2.45) is 0 Å². The topological polar surface area (TPSA) is 47.9 Å². The molecule has 0 N–H and O–H groups in total. The minimum Gasteiger partial charge on any atom is -0.477 e. The minimum absolute atomic E-state index is 0.215. The van der Waals surface area contributed by atoms with Crippen LogP contribution in [0.5, 0.6) is 5.88 Å². The first-order chi connectivity index (χ1) is 9.72. The van der Waals surface area contributed by atoms with E-state index in [0.29, 0.717) is 12.5 Å². The molecule has 3 aromatic heterocycles. The molecule has 4 nitrogen and oxygen atoms in total. The summed E-state index contributed by atoms with van der Waals surface area (Å²) < 4.78 is 5.75. The Kier molecular flexibility index (Phi) is 3.80. The highest BCUT2D eigenvalue weighted by Gasteiger charge is 2.10. The maximum atomic E-state index is 5.92. The van der Waals surface area contributed by atoms with Gasteiger partial charge in [0.1, 0.15) is 4.83 Å². The van der Waals surface area contributed by atoms with Crippen molar-refractivity contribution in [1.29, 1.82) is 0 Å². The number of rotatable bonds is 4. The second-order valence-electron chi connectivity index (χ2n) is 4.29. The van der Waals surface area contributed by atoms with Crippen molar-refractivity contribution in [2.75, 3.05) is 6.61 Å². The third kappa shape index (κ3) is 2.89. The molecule has 102 valence electrons.